The van der Waals surface area contributed by atoms with Crippen molar-refractivity contribution in [1.29, 1.82) is 0 Å². The quantitative estimate of drug-likeness (QED) is 0.398. The first-order valence-electron chi connectivity index (χ1n) is 10.0. The van der Waals surface area contributed by atoms with Crippen molar-refractivity contribution < 1.29 is 17.7 Å². The monoisotopic (exact) mass is 428 g/mol. The number of rotatable bonds is 5. The Morgan fingerprint density at radius 2 is 1.77 bits per heavy atom. The van der Waals surface area contributed by atoms with Gasteiger partial charge in [-0.05, 0) is 63.4 Å². The molecule has 0 saturated carbocycles. The molecule has 0 unspecified atom stereocenters. The summed E-state index contributed by atoms with van der Waals surface area (Å²) in [7, 11) is 0. The topological polar surface area (TPSA) is 69.9 Å². The summed E-state index contributed by atoms with van der Waals surface area (Å²) in [6, 6.07) is 10.9. The van der Waals surface area contributed by atoms with E-state index < -0.39 is 11.7 Å². The second-order valence-electron chi connectivity index (χ2n) is 7.97. The minimum absolute atomic E-state index is 0.106. The molecule has 31 heavy (non-hydrogen) atoms. The standard InChI is InChI=1S/C23H23F3N4O/c1-13(2)30-17(8-9-20-18-10-14(3)19(27)12-22(18)31-29-20)11-21(28-30)15-4-6-16(7-5-15)23(24,25)26/h4-7,10-13H,8-9,27H2,1-3H3. The fourth-order valence-corrected chi connectivity index (χ4v) is 3.62. The fraction of sp³-hybridized carbons (Fsp3) is 0.304. The molecule has 162 valence electrons. The number of halogens is 3. The number of nitrogens with two attached hydrogens (primary N) is 1. The third kappa shape index (κ3) is 4.15. The molecule has 8 heteroatoms. The first-order valence-corrected chi connectivity index (χ1v) is 10.0. The molecule has 0 spiro atoms. The van der Waals surface area contributed by atoms with Gasteiger partial charge in [0, 0.05) is 34.4 Å². The normalized spacial score (nSPS) is 12.2. The minimum Gasteiger partial charge on any atom is -0.398 e. The first kappa shape index (κ1) is 21.0. The zero-order chi connectivity index (χ0) is 22.3. The SMILES string of the molecule is Cc1cc2c(CCc3cc(-c4ccc(C(F)(F)F)cc4)nn3C(C)C)noc2cc1N. The molecule has 0 bridgehead atoms. The lowest BCUT2D eigenvalue weighted by Crippen LogP contribution is -2.08. The van der Waals surface area contributed by atoms with E-state index >= 15 is 0 Å². The van der Waals surface area contributed by atoms with Gasteiger partial charge in [-0.1, -0.05) is 17.3 Å². The summed E-state index contributed by atoms with van der Waals surface area (Å²) >= 11 is 0. The van der Waals surface area contributed by atoms with Crippen LogP contribution in [0.4, 0.5) is 18.9 Å². The number of aromatic nitrogens is 3. The summed E-state index contributed by atoms with van der Waals surface area (Å²) in [6.07, 6.45) is -3.05. The van der Waals surface area contributed by atoms with Gasteiger partial charge in [-0.25, -0.2) is 0 Å². The lowest BCUT2D eigenvalue weighted by atomic mass is 10.1. The Labute approximate surface area is 177 Å². The highest BCUT2D eigenvalue weighted by molar-refractivity contribution is 5.84. The molecule has 0 amide bonds. The first-order chi connectivity index (χ1) is 14.6. The Morgan fingerprint density at radius 3 is 2.42 bits per heavy atom. The number of alkyl halides is 3. The van der Waals surface area contributed by atoms with Gasteiger partial charge in [-0.15, -0.1) is 0 Å². The van der Waals surface area contributed by atoms with Gasteiger partial charge in [0.05, 0.1) is 17.0 Å². The highest BCUT2D eigenvalue weighted by Gasteiger charge is 2.30. The molecule has 2 aromatic carbocycles. The van der Waals surface area contributed by atoms with Gasteiger partial charge in [-0.2, -0.15) is 18.3 Å². The van der Waals surface area contributed by atoms with Gasteiger partial charge in [-0.3, -0.25) is 4.68 Å². The van der Waals surface area contributed by atoms with Crippen molar-refractivity contribution in [1.82, 2.24) is 14.9 Å². The molecule has 0 aliphatic rings. The highest BCUT2D eigenvalue weighted by atomic mass is 19.4. The number of nitrogens with zero attached hydrogens (tertiary/aromatic N) is 3. The Hall–Kier alpha value is -3.29. The number of anilines is 1. The molecule has 0 fully saturated rings. The zero-order valence-electron chi connectivity index (χ0n) is 17.5. The second-order valence-corrected chi connectivity index (χ2v) is 7.97. The van der Waals surface area contributed by atoms with Gasteiger partial charge in [0.25, 0.3) is 0 Å². The maximum Gasteiger partial charge on any atom is 0.416 e. The van der Waals surface area contributed by atoms with Crippen LogP contribution in [0.1, 0.15) is 42.4 Å². The predicted molar refractivity (Wildman–Crippen MR) is 114 cm³/mol. The summed E-state index contributed by atoms with van der Waals surface area (Å²) in [5, 5.41) is 9.77. The van der Waals surface area contributed by atoms with Crippen LogP contribution in [0.5, 0.6) is 0 Å². The third-order valence-electron chi connectivity index (χ3n) is 5.36. The van der Waals surface area contributed by atoms with Crippen molar-refractivity contribution >= 4 is 16.7 Å². The van der Waals surface area contributed by atoms with Gasteiger partial charge in [0.1, 0.15) is 0 Å². The van der Waals surface area contributed by atoms with Gasteiger partial charge >= 0.3 is 6.18 Å². The number of benzene rings is 2. The maximum atomic E-state index is 12.8. The third-order valence-corrected chi connectivity index (χ3v) is 5.36. The van der Waals surface area contributed by atoms with Gasteiger partial charge < -0.3 is 10.3 Å². The number of nitrogen functional groups attached to an aromatic ring is 1. The van der Waals surface area contributed by atoms with E-state index in [1.807, 2.05) is 37.6 Å². The summed E-state index contributed by atoms with van der Waals surface area (Å²) in [5.74, 6) is 0. The maximum absolute atomic E-state index is 12.8. The number of hydrogen-bond donors (Lipinski definition) is 1. The molecule has 2 aromatic heterocycles. The molecule has 5 nitrogen and oxygen atoms in total. The lowest BCUT2D eigenvalue weighted by Gasteiger charge is -2.10. The van der Waals surface area contributed by atoms with Crippen LogP contribution in [-0.2, 0) is 19.0 Å². The average molecular weight is 428 g/mol. The summed E-state index contributed by atoms with van der Waals surface area (Å²) < 4.78 is 45.9. The van der Waals surface area contributed by atoms with E-state index in [9.17, 15) is 13.2 Å². The number of fused-ring (bicyclic) bond motifs is 1. The highest BCUT2D eigenvalue weighted by Crippen LogP contribution is 2.31. The molecule has 2 N–H and O–H groups in total. The smallest absolute Gasteiger partial charge is 0.398 e. The van der Waals surface area contributed by atoms with Crippen LogP contribution in [0.25, 0.3) is 22.2 Å². The molecule has 4 rings (SSSR count). The van der Waals surface area contributed by atoms with Crippen molar-refractivity contribution in [3.8, 4) is 11.3 Å². The Kier molecular flexibility index (Phi) is 5.24. The average Bonchev–Trinajstić information content (AvgIpc) is 3.30. The Morgan fingerprint density at radius 1 is 1.06 bits per heavy atom. The summed E-state index contributed by atoms with van der Waals surface area (Å²) in [5.41, 5.74) is 10.7. The molecule has 0 atom stereocenters. The van der Waals surface area contributed by atoms with Crippen LogP contribution in [0.2, 0.25) is 0 Å². The largest absolute Gasteiger partial charge is 0.416 e. The molecule has 0 aliphatic carbocycles. The van der Waals surface area contributed by atoms with Crippen molar-refractivity contribution in [3.05, 3.63) is 65.0 Å². The Bertz CT molecular complexity index is 1220. The molecule has 2 heterocycles. The zero-order valence-corrected chi connectivity index (χ0v) is 17.5. The van der Waals surface area contributed by atoms with Crippen LogP contribution in [0.15, 0.2) is 47.0 Å². The summed E-state index contributed by atoms with van der Waals surface area (Å²) in [6.45, 7) is 5.98. The molecular weight excluding hydrogens is 405 g/mol. The van der Waals surface area contributed by atoms with E-state index in [1.54, 1.807) is 6.07 Å². The van der Waals surface area contributed by atoms with Crippen molar-refractivity contribution in [3.63, 3.8) is 0 Å². The van der Waals surface area contributed by atoms with E-state index in [0.29, 0.717) is 35.4 Å². The molecular formula is C23H23F3N4O. The van der Waals surface area contributed by atoms with Crippen molar-refractivity contribution in [2.75, 3.05) is 5.73 Å². The molecule has 0 aliphatic heterocycles. The van der Waals surface area contributed by atoms with Crippen LogP contribution < -0.4 is 5.73 Å². The van der Waals surface area contributed by atoms with Crippen LogP contribution in [0.3, 0.4) is 0 Å². The lowest BCUT2D eigenvalue weighted by molar-refractivity contribution is -0.137. The van der Waals surface area contributed by atoms with Crippen LogP contribution >= 0.6 is 0 Å². The van der Waals surface area contributed by atoms with Crippen LogP contribution in [0, 0.1) is 6.92 Å². The second kappa shape index (κ2) is 7.76. The number of aryl methyl sites for hydroxylation is 3. The van der Waals surface area contributed by atoms with Gasteiger partial charge in [0.2, 0.25) is 0 Å². The molecule has 0 saturated heterocycles. The van der Waals surface area contributed by atoms with Crippen molar-refractivity contribution in [2.45, 2.75) is 45.8 Å². The number of hydrogen-bond acceptors (Lipinski definition) is 4. The van der Waals surface area contributed by atoms with Crippen LogP contribution in [-0.4, -0.2) is 14.9 Å². The Balaban J connectivity index is 1.60. The van der Waals surface area contributed by atoms with E-state index in [4.69, 9.17) is 10.3 Å². The van der Waals surface area contributed by atoms with E-state index in [1.165, 1.54) is 12.1 Å². The van der Waals surface area contributed by atoms with Gasteiger partial charge in [0.15, 0.2) is 5.58 Å². The fourth-order valence-electron chi connectivity index (χ4n) is 3.62. The summed E-state index contributed by atoms with van der Waals surface area (Å²) in [4.78, 5) is 0. The van der Waals surface area contributed by atoms with E-state index in [2.05, 4.69) is 10.3 Å². The predicted octanol–water partition coefficient (Wildman–Crippen LogP) is 5.97. The molecule has 4 aromatic rings. The molecule has 0 radical (unpaired) electrons. The van der Waals surface area contributed by atoms with E-state index in [0.717, 1.165) is 34.5 Å². The van der Waals surface area contributed by atoms with E-state index in [-0.39, 0.29) is 6.04 Å². The van der Waals surface area contributed by atoms with Crippen molar-refractivity contribution in [2.24, 2.45) is 0 Å². The minimum atomic E-state index is -4.36.